The van der Waals surface area contributed by atoms with Crippen LogP contribution in [0.2, 0.25) is 0 Å². The zero-order chi connectivity index (χ0) is 12.2. The van der Waals surface area contributed by atoms with Gasteiger partial charge in [0, 0.05) is 6.04 Å². The number of rotatable bonds is 2. The van der Waals surface area contributed by atoms with Crippen molar-refractivity contribution < 1.29 is 0 Å². The quantitative estimate of drug-likeness (QED) is 0.809. The minimum atomic E-state index is -0.153. The second-order valence-corrected chi connectivity index (χ2v) is 7.50. The summed E-state index contributed by atoms with van der Waals surface area (Å²) in [6.45, 7) is 0. The van der Waals surface area contributed by atoms with Crippen molar-refractivity contribution in [1.29, 1.82) is 5.26 Å². The summed E-state index contributed by atoms with van der Waals surface area (Å²) < 4.78 is 0. The van der Waals surface area contributed by atoms with Gasteiger partial charge in [-0.05, 0) is 68.6 Å². The molecule has 0 saturated heterocycles. The van der Waals surface area contributed by atoms with Crippen LogP contribution in [-0.2, 0) is 0 Å². The zero-order valence-corrected chi connectivity index (χ0v) is 11.2. The van der Waals surface area contributed by atoms with Gasteiger partial charge in [-0.3, -0.25) is 5.32 Å². The topological polar surface area (TPSA) is 35.8 Å². The van der Waals surface area contributed by atoms with Crippen LogP contribution in [0.25, 0.3) is 0 Å². The highest BCUT2D eigenvalue weighted by molar-refractivity contribution is 5.13. The lowest BCUT2D eigenvalue weighted by molar-refractivity contribution is -0.0213. The standard InChI is InChI=1S/C16H24N2/c17-10-16(3-1-2-4-16)18-15-13-6-11-5-12(8-13)9-14(15)7-11/h11-15,18H,1-9H2. The Morgan fingerprint density at radius 1 is 0.889 bits per heavy atom. The van der Waals surface area contributed by atoms with Crippen LogP contribution in [0, 0.1) is 35.0 Å². The highest BCUT2D eigenvalue weighted by Crippen LogP contribution is 2.54. The first kappa shape index (κ1) is 11.3. The van der Waals surface area contributed by atoms with E-state index in [1.54, 1.807) is 0 Å². The molecule has 0 aromatic heterocycles. The van der Waals surface area contributed by atoms with Gasteiger partial charge in [-0.1, -0.05) is 12.8 Å². The minimum absolute atomic E-state index is 0.153. The third-order valence-electron chi connectivity index (χ3n) is 6.34. The average molecular weight is 244 g/mol. The summed E-state index contributed by atoms with van der Waals surface area (Å²) in [4.78, 5) is 0. The largest absolute Gasteiger partial charge is 0.296 e. The summed E-state index contributed by atoms with van der Waals surface area (Å²) in [7, 11) is 0. The third-order valence-corrected chi connectivity index (χ3v) is 6.34. The Morgan fingerprint density at radius 3 is 1.94 bits per heavy atom. The van der Waals surface area contributed by atoms with E-state index in [1.165, 1.54) is 44.9 Å². The van der Waals surface area contributed by atoms with Crippen LogP contribution in [0.4, 0.5) is 0 Å². The predicted octanol–water partition coefficient (Wildman–Crippen LogP) is 3.24. The van der Waals surface area contributed by atoms with Crippen LogP contribution in [0.15, 0.2) is 0 Å². The molecule has 1 N–H and O–H groups in total. The van der Waals surface area contributed by atoms with E-state index in [2.05, 4.69) is 11.4 Å². The molecule has 0 amide bonds. The molecule has 2 heteroatoms. The summed E-state index contributed by atoms with van der Waals surface area (Å²) in [5.74, 6) is 3.86. The lowest BCUT2D eigenvalue weighted by Gasteiger charge is -2.55. The summed E-state index contributed by atoms with van der Waals surface area (Å²) in [6.07, 6.45) is 12.0. The summed E-state index contributed by atoms with van der Waals surface area (Å²) in [5.41, 5.74) is -0.153. The van der Waals surface area contributed by atoms with E-state index in [0.717, 1.165) is 36.5 Å². The lowest BCUT2D eigenvalue weighted by atomic mass is 9.54. The van der Waals surface area contributed by atoms with Crippen molar-refractivity contribution in [3.05, 3.63) is 0 Å². The Labute approximate surface area is 110 Å². The maximum atomic E-state index is 9.56. The van der Waals surface area contributed by atoms with E-state index in [4.69, 9.17) is 0 Å². The van der Waals surface area contributed by atoms with Crippen molar-refractivity contribution in [3.63, 3.8) is 0 Å². The van der Waals surface area contributed by atoms with Crippen LogP contribution in [0.5, 0.6) is 0 Å². The number of hydrogen-bond acceptors (Lipinski definition) is 2. The Bertz CT molecular complexity index is 347. The second kappa shape index (κ2) is 3.97. The maximum Gasteiger partial charge on any atom is 0.106 e. The van der Waals surface area contributed by atoms with Gasteiger partial charge in [-0.15, -0.1) is 0 Å². The zero-order valence-electron chi connectivity index (χ0n) is 11.2. The number of hydrogen-bond donors (Lipinski definition) is 1. The Kier molecular flexibility index (Phi) is 2.49. The molecule has 0 aromatic carbocycles. The highest BCUT2D eigenvalue weighted by Gasteiger charge is 2.50. The fourth-order valence-electron chi connectivity index (χ4n) is 5.75. The van der Waals surface area contributed by atoms with E-state index < -0.39 is 0 Å². The molecule has 0 heterocycles. The highest BCUT2D eigenvalue weighted by atomic mass is 15.0. The van der Waals surface area contributed by atoms with Gasteiger partial charge in [0.2, 0.25) is 0 Å². The molecular formula is C16H24N2. The van der Waals surface area contributed by atoms with Gasteiger partial charge in [-0.25, -0.2) is 0 Å². The first-order valence-electron chi connectivity index (χ1n) is 7.97. The molecule has 0 unspecified atom stereocenters. The van der Waals surface area contributed by atoms with Gasteiger partial charge in [0.25, 0.3) is 0 Å². The molecule has 5 saturated carbocycles. The van der Waals surface area contributed by atoms with E-state index in [9.17, 15) is 5.26 Å². The van der Waals surface area contributed by atoms with Crippen LogP contribution in [0.1, 0.15) is 57.8 Å². The van der Waals surface area contributed by atoms with Gasteiger partial charge in [0.1, 0.15) is 5.54 Å². The smallest absolute Gasteiger partial charge is 0.106 e. The van der Waals surface area contributed by atoms with Crippen molar-refractivity contribution in [1.82, 2.24) is 5.32 Å². The van der Waals surface area contributed by atoms with Gasteiger partial charge in [0.05, 0.1) is 6.07 Å². The van der Waals surface area contributed by atoms with Crippen LogP contribution in [0.3, 0.4) is 0 Å². The van der Waals surface area contributed by atoms with E-state index in [0.29, 0.717) is 6.04 Å². The fourth-order valence-corrected chi connectivity index (χ4v) is 5.75. The monoisotopic (exact) mass is 244 g/mol. The van der Waals surface area contributed by atoms with Crippen LogP contribution >= 0.6 is 0 Å². The molecule has 98 valence electrons. The van der Waals surface area contributed by atoms with E-state index in [1.807, 2.05) is 0 Å². The summed E-state index contributed by atoms with van der Waals surface area (Å²) >= 11 is 0. The lowest BCUT2D eigenvalue weighted by Crippen LogP contribution is -2.60. The fraction of sp³-hybridized carbons (Fsp3) is 0.938. The summed E-state index contributed by atoms with van der Waals surface area (Å²) in [5, 5.41) is 13.4. The summed E-state index contributed by atoms with van der Waals surface area (Å²) in [6, 6.07) is 3.30. The first-order valence-corrected chi connectivity index (χ1v) is 7.97. The molecule has 0 radical (unpaired) electrons. The molecule has 5 aliphatic rings. The number of nitriles is 1. The number of nitrogens with one attached hydrogen (secondary N) is 1. The molecule has 5 fully saturated rings. The van der Waals surface area contributed by atoms with Gasteiger partial charge in [-0.2, -0.15) is 5.26 Å². The van der Waals surface area contributed by atoms with Crippen molar-refractivity contribution in [2.24, 2.45) is 23.7 Å². The molecule has 4 bridgehead atoms. The van der Waals surface area contributed by atoms with Crippen LogP contribution < -0.4 is 5.32 Å². The molecule has 5 rings (SSSR count). The van der Waals surface area contributed by atoms with Gasteiger partial charge in [0.15, 0.2) is 0 Å². The Balaban J connectivity index is 1.53. The van der Waals surface area contributed by atoms with Crippen LogP contribution in [-0.4, -0.2) is 11.6 Å². The van der Waals surface area contributed by atoms with Gasteiger partial charge >= 0.3 is 0 Å². The Morgan fingerprint density at radius 2 is 1.44 bits per heavy atom. The van der Waals surface area contributed by atoms with Crippen molar-refractivity contribution in [2.75, 3.05) is 0 Å². The first-order chi connectivity index (χ1) is 8.78. The van der Waals surface area contributed by atoms with E-state index in [-0.39, 0.29) is 5.54 Å². The third kappa shape index (κ3) is 1.63. The Hall–Kier alpha value is -0.550. The maximum absolute atomic E-state index is 9.56. The van der Waals surface area contributed by atoms with Gasteiger partial charge < -0.3 is 0 Å². The number of nitrogens with zero attached hydrogens (tertiary/aromatic N) is 1. The molecule has 0 atom stereocenters. The van der Waals surface area contributed by atoms with Crippen molar-refractivity contribution in [3.8, 4) is 6.07 Å². The molecular weight excluding hydrogens is 220 g/mol. The SMILES string of the molecule is N#CC1(NC2C3CC4CC(C3)CC2C4)CCCC1. The predicted molar refractivity (Wildman–Crippen MR) is 70.8 cm³/mol. The molecule has 0 spiro atoms. The molecule has 5 aliphatic carbocycles. The average Bonchev–Trinajstić information content (AvgIpc) is 2.82. The van der Waals surface area contributed by atoms with Crippen molar-refractivity contribution in [2.45, 2.75) is 69.4 Å². The molecule has 18 heavy (non-hydrogen) atoms. The molecule has 0 aromatic rings. The second-order valence-electron chi connectivity index (χ2n) is 7.50. The normalized spacial score (nSPS) is 48.3. The molecule has 2 nitrogen and oxygen atoms in total. The molecule has 0 aliphatic heterocycles. The van der Waals surface area contributed by atoms with Crippen molar-refractivity contribution >= 4 is 0 Å². The minimum Gasteiger partial charge on any atom is -0.296 e. The van der Waals surface area contributed by atoms with E-state index >= 15 is 0 Å².